The SMILES string of the molecule is COc1ccc(Br)cc1C(=O)NN=Cc1ccc(OCc2ccccc2)c(Cl)c1. The van der Waals surface area contributed by atoms with Crippen molar-refractivity contribution in [3.63, 3.8) is 0 Å². The molecule has 1 amide bonds. The molecule has 0 spiro atoms. The standard InChI is InChI=1S/C22H18BrClN2O3/c1-28-20-10-8-17(23)12-18(20)22(27)26-25-13-16-7-9-21(19(24)11-16)29-14-15-5-3-2-4-6-15/h2-13H,14H2,1H3,(H,26,27). The summed E-state index contributed by atoms with van der Waals surface area (Å²) in [5.74, 6) is 0.660. The van der Waals surface area contributed by atoms with E-state index in [0.29, 0.717) is 28.7 Å². The van der Waals surface area contributed by atoms with Crippen LogP contribution in [0.1, 0.15) is 21.5 Å². The van der Waals surface area contributed by atoms with Crippen LogP contribution in [0.2, 0.25) is 5.02 Å². The van der Waals surface area contributed by atoms with Gasteiger partial charge in [0.2, 0.25) is 0 Å². The summed E-state index contributed by atoms with van der Waals surface area (Å²) in [7, 11) is 1.51. The highest BCUT2D eigenvalue weighted by atomic mass is 79.9. The normalized spacial score (nSPS) is 10.7. The molecule has 0 aliphatic heterocycles. The summed E-state index contributed by atoms with van der Waals surface area (Å²) in [5, 5.41) is 4.46. The fourth-order valence-electron chi connectivity index (χ4n) is 2.53. The Balaban J connectivity index is 1.61. The third-order valence-electron chi connectivity index (χ3n) is 3.98. The van der Waals surface area contributed by atoms with Gasteiger partial charge < -0.3 is 9.47 Å². The van der Waals surface area contributed by atoms with E-state index in [1.165, 1.54) is 13.3 Å². The van der Waals surface area contributed by atoms with Gasteiger partial charge in [0.15, 0.2) is 0 Å². The van der Waals surface area contributed by atoms with Gasteiger partial charge in [-0.25, -0.2) is 5.43 Å². The summed E-state index contributed by atoms with van der Waals surface area (Å²) in [6.45, 7) is 0.429. The predicted octanol–water partition coefficient (Wildman–Crippen LogP) is 5.45. The van der Waals surface area contributed by atoms with Crippen molar-refractivity contribution in [3.05, 3.63) is 92.9 Å². The van der Waals surface area contributed by atoms with E-state index in [4.69, 9.17) is 21.1 Å². The molecule has 0 unspecified atom stereocenters. The van der Waals surface area contributed by atoms with Gasteiger partial charge >= 0.3 is 0 Å². The van der Waals surface area contributed by atoms with Gasteiger partial charge in [-0.2, -0.15) is 5.10 Å². The van der Waals surface area contributed by atoms with Gasteiger partial charge in [0.25, 0.3) is 5.91 Å². The highest BCUT2D eigenvalue weighted by Gasteiger charge is 2.12. The molecule has 0 heterocycles. The molecule has 5 nitrogen and oxygen atoms in total. The third-order valence-corrected chi connectivity index (χ3v) is 4.77. The molecule has 0 aromatic heterocycles. The van der Waals surface area contributed by atoms with Gasteiger partial charge in [-0.1, -0.05) is 57.9 Å². The van der Waals surface area contributed by atoms with Crippen molar-refractivity contribution in [2.24, 2.45) is 5.10 Å². The molecule has 3 aromatic carbocycles. The van der Waals surface area contributed by atoms with Crippen LogP contribution in [-0.4, -0.2) is 19.2 Å². The van der Waals surface area contributed by atoms with Gasteiger partial charge in [0.1, 0.15) is 18.1 Å². The van der Waals surface area contributed by atoms with Crippen LogP contribution in [0, 0.1) is 0 Å². The lowest BCUT2D eigenvalue weighted by Crippen LogP contribution is -2.18. The van der Waals surface area contributed by atoms with E-state index < -0.39 is 0 Å². The number of hydrogen-bond acceptors (Lipinski definition) is 4. The number of nitrogens with one attached hydrogen (secondary N) is 1. The highest BCUT2D eigenvalue weighted by Crippen LogP contribution is 2.26. The molecule has 7 heteroatoms. The van der Waals surface area contributed by atoms with Crippen LogP contribution in [0.15, 0.2) is 76.3 Å². The molecule has 0 saturated carbocycles. The van der Waals surface area contributed by atoms with E-state index >= 15 is 0 Å². The molecule has 1 N–H and O–H groups in total. The van der Waals surface area contributed by atoms with Crippen LogP contribution in [0.3, 0.4) is 0 Å². The number of carbonyl (C=O) groups excluding carboxylic acids is 1. The molecule has 148 valence electrons. The lowest BCUT2D eigenvalue weighted by atomic mass is 10.2. The van der Waals surface area contributed by atoms with E-state index in [2.05, 4.69) is 26.5 Å². The summed E-state index contributed by atoms with van der Waals surface area (Å²) < 4.78 is 11.7. The summed E-state index contributed by atoms with van der Waals surface area (Å²) in [6, 6.07) is 20.3. The monoisotopic (exact) mass is 472 g/mol. The zero-order valence-electron chi connectivity index (χ0n) is 15.6. The molecular formula is C22H18BrClN2O3. The van der Waals surface area contributed by atoms with Gasteiger partial charge in [-0.05, 0) is 47.5 Å². The minimum Gasteiger partial charge on any atom is -0.496 e. The van der Waals surface area contributed by atoms with Gasteiger partial charge in [0.05, 0.1) is 23.9 Å². The van der Waals surface area contributed by atoms with E-state index in [1.54, 1.807) is 30.3 Å². The number of amides is 1. The number of carbonyl (C=O) groups is 1. The maximum atomic E-state index is 12.3. The number of hydrazone groups is 1. The minimum absolute atomic E-state index is 0.377. The third kappa shape index (κ3) is 5.82. The Morgan fingerprint density at radius 1 is 1.10 bits per heavy atom. The van der Waals surface area contributed by atoms with E-state index in [-0.39, 0.29) is 5.91 Å². The maximum absolute atomic E-state index is 12.3. The Morgan fingerprint density at radius 3 is 2.59 bits per heavy atom. The largest absolute Gasteiger partial charge is 0.496 e. The molecule has 3 rings (SSSR count). The second-order valence-corrected chi connectivity index (χ2v) is 7.33. The number of methoxy groups -OCH3 is 1. The van der Waals surface area contributed by atoms with Crippen LogP contribution < -0.4 is 14.9 Å². The lowest BCUT2D eigenvalue weighted by molar-refractivity contribution is 0.0952. The van der Waals surface area contributed by atoms with Crippen LogP contribution in [0.4, 0.5) is 0 Å². The van der Waals surface area contributed by atoms with Gasteiger partial charge in [-0.15, -0.1) is 0 Å². The molecular weight excluding hydrogens is 456 g/mol. The van der Waals surface area contributed by atoms with Crippen LogP contribution in [0.25, 0.3) is 0 Å². The van der Waals surface area contributed by atoms with E-state index in [0.717, 1.165) is 15.6 Å². The molecule has 0 aliphatic carbocycles. The van der Waals surface area contributed by atoms with Crippen molar-refractivity contribution >= 4 is 39.7 Å². The zero-order chi connectivity index (χ0) is 20.6. The number of halogens is 2. The molecule has 29 heavy (non-hydrogen) atoms. The average Bonchev–Trinajstić information content (AvgIpc) is 2.73. The van der Waals surface area contributed by atoms with E-state index in [1.807, 2.05) is 36.4 Å². The Hall–Kier alpha value is -2.83. The summed E-state index contributed by atoms with van der Waals surface area (Å²) in [4.78, 5) is 12.3. The second kappa shape index (κ2) is 10.1. The highest BCUT2D eigenvalue weighted by molar-refractivity contribution is 9.10. The van der Waals surface area contributed by atoms with Crippen LogP contribution in [0.5, 0.6) is 11.5 Å². The zero-order valence-corrected chi connectivity index (χ0v) is 17.9. The lowest BCUT2D eigenvalue weighted by Gasteiger charge is -2.09. The quantitative estimate of drug-likeness (QED) is 0.366. The molecule has 0 fully saturated rings. The van der Waals surface area contributed by atoms with Crippen molar-refractivity contribution in [2.45, 2.75) is 6.61 Å². The first-order valence-electron chi connectivity index (χ1n) is 8.70. The first-order valence-corrected chi connectivity index (χ1v) is 9.87. The van der Waals surface area contributed by atoms with E-state index in [9.17, 15) is 4.79 Å². The van der Waals surface area contributed by atoms with Crippen molar-refractivity contribution in [3.8, 4) is 11.5 Å². The van der Waals surface area contributed by atoms with Gasteiger partial charge in [-0.3, -0.25) is 4.79 Å². The number of nitrogens with zero attached hydrogens (tertiary/aromatic N) is 1. The molecule has 0 saturated heterocycles. The van der Waals surface area contributed by atoms with Crippen molar-refractivity contribution in [1.82, 2.24) is 5.43 Å². The maximum Gasteiger partial charge on any atom is 0.275 e. The predicted molar refractivity (Wildman–Crippen MR) is 118 cm³/mol. The Bertz CT molecular complexity index is 1030. The average molecular weight is 474 g/mol. The van der Waals surface area contributed by atoms with Crippen molar-refractivity contribution < 1.29 is 14.3 Å². The summed E-state index contributed by atoms with van der Waals surface area (Å²) in [5.41, 5.74) is 4.64. The topological polar surface area (TPSA) is 59.9 Å². The Kier molecular flexibility index (Phi) is 7.27. The van der Waals surface area contributed by atoms with Gasteiger partial charge in [0, 0.05) is 4.47 Å². The molecule has 0 atom stereocenters. The van der Waals surface area contributed by atoms with Crippen molar-refractivity contribution in [2.75, 3.05) is 7.11 Å². The summed E-state index contributed by atoms with van der Waals surface area (Å²) >= 11 is 9.63. The second-order valence-electron chi connectivity index (χ2n) is 6.01. The first kappa shape index (κ1) is 20.9. The number of ether oxygens (including phenoxy) is 2. The summed E-state index contributed by atoms with van der Waals surface area (Å²) in [6.07, 6.45) is 1.51. The number of rotatable bonds is 7. The molecule has 0 radical (unpaired) electrons. The fourth-order valence-corrected chi connectivity index (χ4v) is 3.14. The van der Waals surface area contributed by atoms with Crippen LogP contribution >= 0.6 is 27.5 Å². The molecule has 3 aromatic rings. The first-order chi connectivity index (χ1) is 14.1. The molecule has 0 aliphatic rings. The number of hydrogen-bond donors (Lipinski definition) is 1. The smallest absolute Gasteiger partial charge is 0.275 e. The van der Waals surface area contributed by atoms with Crippen LogP contribution in [-0.2, 0) is 6.61 Å². The molecule has 0 bridgehead atoms. The minimum atomic E-state index is -0.381. The fraction of sp³-hybridized carbons (Fsp3) is 0.0909. The van der Waals surface area contributed by atoms with Crippen molar-refractivity contribution in [1.29, 1.82) is 0 Å². The Morgan fingerprint density at radius 2 is 1.86 bits per heavy atom. The number of benzene rings is 3. The Labute approximate surface area is 182 Å².